The molecule has 108 valence electrons. The van der Waals surface area contributed by atoms with E-state index in [-0.39, 0.29) is 0 Å². The molecular weight excluding hydrogens is 268 g/mol. The van der Waals surface area contributed by atoms with Gasteiger partial charge in [0, 0.05) is 6.07 Å². The first-order chi connectivity index (χ1) is 10.2. The van der Waals surface area contributed by atoms with Crippen molar-refractivity contribution in [1.29, 1.82) is 5.26 Å². The normalized spacial score (nSPS) is 9.95. The van der Waals surface area contributed by atoms with E-state index in [0.717, 1.165) is 18.4 Å². The van der Waals surface area contributed by atoms with E-state index in [2.05, 4.69) is 16.0 Å². The predicted octanol–water partition coefficient (Wildman–Crippen LogP) is 2.68. The zero-order valence-electron chi connectivity index (χ0n) is 12.0. The topological polar surface area (TPSA) is 94.0 Å². The van der Waals surface area contributed by atoms with Crippen LogP contribution >= 0.6 is 0 Å². The quantitative estimate of drug-likeness (QED) is 0.907. The highest BCUT2D eigenvalue weighted by Crippen LogP contribution is 2.30. The maximum Gasteiger partial charge on any atom is 0.227 e. The summed E-state index contributed by atoms with van der Waals surface area (Å²) < 4.78 is 10.9. The SMILES string of the molecule is CCCc1c(N)ncnc1Oc1cc(C#N)cc(OC)c1. The highest BCUT2D eigenvalue weighted by molar-refractivity contribution is 5.49. The number of rotatable bonds is 5. The Labute approximate surface area is 123 Å². The highest BCUT2D eigenvalue weighted by atomic mass is 16.5. The van der Waals surface area contributed by atoms with Crippen LogP contribution in [0.15, 0.2) is 24.5 Å². The average Bonchev–Trinajstić information content (AvgIpc) is 2.50. The second kappa shape index (κ2) is 6.57. The van der Waals surface area contributed by atoms with Gasteiger partial charge >= 0.3 is 0 Å². The predicted molar refractivity (Wildman–Crippen MR) is 78.2 cm³/mol. The Morgan fingerprint density at radius 3 is 2.67 bits per heavy atom. The van der Waals surface area contributed by atoms with E-state index in [0.29, 0.717) is 28.8 Å². The van der Waals surface area contributed by atoms with Gasteiger partial charge in [-0.2, -0.15) is 5.26 Å². The van der Waals surface area contributed by atoms with E-state index in [9.17, 15) is 0 Å². The zero-order valence-corrected chi connectivity index (χ0v) is 12.0. The molecule has 0 saturated heterocycles. The van der Waals surface area contributed by atoms with E-state index in [4.69, 9.17) is 20.5 Å². The molecule has 0 amide bonds. The third-order valence-corrected chi connectivity index (χ3v) is 2.90. The molecular formula is C15H16N4O2. The number of aromatic nitrogens is 2. The third-order valence-electron chi connectivity index (χ3n) is 2.90. The summed E-state index contributed by atoms with van der Waals surface area (Å²) in [6.07, 6.45) is 2.97. The molecule has 2 rings (SSSR count). The molecule has 0 aliphatic rings. The Hall–Kier alpha value is -2.81. The van der Waals surface area contributed by atoms with E-state index in [1.807, 2.05) is 6.92 Å². The Morgan fingerprint density at radius 1 is 1.24 bits per heavy atom. The third kappa shape index (κ3) is 3.39. The van der Waals surface area contributed by atoms with Gasteiger partial charge < -0.3 is 15.2 Å². The number of nitriles is 1. The summed E-state index contributed by atoms with van der Waals surface area (Å²) in [4.78, 5) is 8.10. The van der Waals surface area contributed by atoms with Gasteiger partial charge in [0.2, 0.25) is 5.88 Å². The molecule has 0 unspecified atom stereocenters. The number of hydrogen-bond acceptors (Lipinski definition) is 6. The molecule has 1 heterocycles. The lowest BCUT2D eigenvalue weighted by molar-refractivity contribution is 0.406. The molecule has 0 spiro atoms. The molecule has 0 radical (unpaired) electrons. The van der Waals surface area contributed by atoms with Gasteiger partial charge in [-0.1, -0.05) is 13.3 Å². The minimum absolute atomic E-state index is 0.404. The van der Waals surface area contributed by atoms with Crippen LogP contribution in [-0.4, -0.2) is 17.1 Å². The summed E-state index contributed by atoms with van der Waals surface area (Å²) in [5, 5.41) is 9.02. The highest BCUT2D eigenvalue weighted by Gasteiger charge is 2.12. The summed E-state index contributed by atoms with van der Waals surface area (Å²) in [5.41, 5.74) is 7.08. The van der Waals surface area contributed by atoms with Gasteiger partial charge in [0.15, 0.2) is 0 Å². The van der Waals surface area contributed by atoms with Crippen molar-refractivity contribution in [2.75, 3.05) is 12.8 Å². The van der Waals surface area contributed by atoms with Gasteiger partial charge in [0.05, 0.1) is 24.3 Å². The smallest absolute Gasteiger partial charge is 0.227 e. The lowest BCUT2D eigenvalue weighted by atomic mass is 10.1. The Balaban J connectivity index is 2.38. The molecule has 6 heteroatoms. The fourth-order valence-corrected chi connectivity index (χ4v) is 1.91. The number of methoxy groups -OCH3 is 1. The zero-order chi connectivity index (χ0) is 15.2. The number of benzene rings is 1. The van der Waals surface area contributed by atoms with Gasteiger partial charge in [-0.3, -0.25) is 0 Å². The number of ether oxygens (including phenoxy) is 2. The fourth-order valence-electron chi connectivity index (χ4n) is 1.91. The van der Waals surface area contributed by atoms with Crippen molar-refractivity contribution in [3.63, 3.8) is 0 Å². The minimum Gasteiger partial charge on any atom is -0.497 e. The number of nitrogens with zero attached hydrogens (tertiary/aromatic N) is 3. The number of hydrogen-bond donors (Lipinski definition) is 1. The Kier molecular flexibility index (Phi) is 4.57. The molecule has 21 heavy (non-hydrogen) atoms. The van der Waals surface area contributed by atoms with Crippen LogP contribution in [0.3, 0.4) is 0 Å². The summed E-state index contributed by atoms with van der Waals surface area (Å²) in [6.45, 7) is 2.04. The number of nitrogen functional groups attached to an aromatic ring is 1. The Morgan fingerprint density at radius 2 is 2.00 bits per heavy atom. The van der Waals surface area contributed by atoms with Crippen LogP contribution in [-0.2, 0) is 6.42 Å². The standard InChI is InChI=1S/C15H16N4O2/c1-3-4-13-14(17)18-9-19-15(13)21-12-6-10(8-16)5-11(7-12)20-2/h5-7,9H,3-4H2,1-2H3,(H2,17,18,19). The first-order valence-corrected chi connectivity index (χ1v) is 6.54. The van der Waals surface area contributed by atoms with Crippen LogP contribution in [0.5, 0.6) is 17.4 Å². The summed E-state index contributed by atoms with van der Waals surface area (Å²) in [6, 6.07) is 7.01. The van der Waals surface area contributed by atoms with Crippen molar-refractivity contribution in [2.24, 2.45) is 0 Å². The van der Waals surface area contributed by atoms with Gasteiger partial charge in [-0.25, -0.2) is 9.97 Å². The van der Waals surface area contributed by atoms with Crippen molar-refractivity contribution in [2.45, 2.75) is 19.8 Å². The molecule has 1 aromatic heterocycles. The van der Waals surface area contributed by atoms with Crippen molar-refractivity contribution in [1.82, 2.24) is 9.97 Å². The molecule has 2 aromatic rings. The average molecular weight is 284 g/mol. The molecule has 0 aliphatic carbocycles. The van der Waals surface area contributed by atoms with E-state index in [1.54, 1.807) is 18.2 Å². The molecule has 1 aromatic carbocycles. The maximum atomic E-state index is 9.02. The summed E-state index contributed by atoms with van der Waals surface area (Å²) in [5.74, 6) is 1.83. The van der Waals surface area contributed by atoms with Crippen molar-refractivity contribution in [3.05, 3.63) is 35.7 Å². The van der Waals surface area contributed by atoms with Crippen LogP contribution in [0.2, 0.25) is 0 Å². The van der Waals surface area contributed by atoms with E-state index in [1.165, 1.54) is 13.4 Å². The van der Waals surface area contributed by atoms with Gasteiger partial charge in [-0.05, 0) is 18.6 Å². The lowest BCUT2D eigenvalue weighted by Crippen LogP contribution is -2.02. The second-order valence-electron chi connectivity index (χ2n) is 4.40. The molecule has 2 N–H and O–H groups in total. The first kappa shape index (κ1) is 14.6. The molecule has 0 atom stereocenters. The molecule has 0 bridgehead atoms. The summed E-state index contributed by atoms with van der Waals surface area (Å²) in [7, 11) is 1.53. The largest absolute Gasteiger partial charge is 0.497 e. The fraction of sp³-hybridized carbons (Fsp3) is 0.267. The van der Waals surface area contributed by atoms with Crippen LogP contribution in [0.25, 0.3) is 0 Å². The van der Waals surface area contributed by atoms with Crippen molar-refractivity contribution in [3.8, 4) is 23.4 Å². The molecule has 0 aliphatic heterocycles. The second-order valence-corrected chi connectivity index (χ2v) is 4.40. The van der Waals surface area contributed by atoms with Gasteiger partial charge in [-0.15, -0.1) is 0 Å². The van der Waals surface area contributed by atoms with Crippen LogP contribution in [0.1, 0.15) is 24.5 Å². The number of anilines is 1. The van der Waals surface area contributed by atoms with Gasteiger partial charge in [0.25, 0.3) is 0 Å². The summed E-state index contributed by atoms with van der Waals surface area (Å²) >= 11 is 0. The monoisotopic (exact) mass is 284 g/mol. The number of nitrogens with two attached hydrogens (primary N) is 1. The molecule has 6 nitrogen and oxygen atoms in total. The lowest BCUT2D eigenvalue weighted by Gasteiger charge is -2.11. The van der Waals surface area contributed by atoms with Crippen LogP contribution in [0.4, 0.5) is 5.82 Å². The van der Waals surface area contributed by atoms with Crippen LogP contribution in [0, 0.1) is 11.3 Å². The van der Waals surface area contributed by atoms with E-state index < -0.39 is 0 Å². The van der Waals surface area contributed by atoms with Crippen molar-refractivity contribution < 1.29 is 9.47 Å². The maximum absolute atomic E-state index is 9.02. The van der Waals surface area contributed by atoms with Gasteiger partial charge in [0.1, 0.15) is 23.6 Å². The minimum atomic E-state index is 0.404. The van der Waals surface area contributed by atoms with E-state index >= 15 is 0 Å². The Bertz CT molecular complexity index is 680. The molecule has 0 saturated carbocycles. The molecule has 0 fully saturated rings. The van der Waals surface area contributed by atoms with Crippen LogP contribution < -0.4 is 15.2 Å². The first-order valence-electron chi connectivity index (χ1n) is 6.54. The van der Waals surface area contributed by atoms with Crippen molar-refractivity contribution >= 4 is 5.82 Å².